The van der Waals surface area contributed by atoms with Crippen LogP contribution in [-0.4, -0.2) is 29.8 Å². The molecule has 1 aromatic carbocycles. The molecule has 0 saturated carbocycles. The van der Waals surface area contributed by atoms with Crippen molar-refractivity contribution in [3.8, 4) is 5.75 Å². The smallest absolute Gasteiger partial charge is 0.118 e. The van der Waals surface area contributed by atoms with Crippen LogP contribution in [-0.2, 0) is 19.4 Å². The quantitative estimate of drug-likeness (QED) is 0.811. The number of aromatic nitrogens is 2. The fourth-order valence-corrected chi connectivity index (χ4v) is 2.52. The topological polar surface area (TPSA) is 39.1 Å². The highest BCUT2D eigenvalue weighted by molar-refractivity contribution is 5.27. The Morgan fingerprint density at radius 2 is 2.05 bits per heavy atom. The van der Waals surface area contributed by atoms with E-state index in [2.05, 4.69) is 33.9 Å². The molecule has 0 aliphatic carbocycles. The first-order valence-corrected chi connectivity index (χ1v) is 7.57. The second-order valence-corrected chi connectivity index (χ2v) is 5.21. The second kappa shape index (κ2) is 7.84. The van der Waals surface area contributed by atoms with Gasteiger partial charge in [0.25, 0.3) is 0 Å². The van der Waals surface area contributed by atoms with Gasteiger partial charge in [0.1, 0.15) is 11.6 Å². The highest BCUT2D eigenvalue weighted by atomic mass is 16.5. The number of methoxy groups -OCH3 is 1. The number of nitrogens with one attached hydrogen (secondary N) is 1. The van der Waals surface area contributed by atoms with Crippen LogP contribution in [0.15, 0.2) is 36.7 Å². The van der Waals surface area contributed by atoms with Gasteiger partial charge in [-0.05, 0) is 44.5 Å². The zero-order valence-corrected chi connectivity index (χ0v) is 13.2. The summed E-state index contributed by atoms with van der Waals surface area (Å²) in [4.78, 5) is 4.46. The van der Waals surface area contributed by atoms with Gasteiger partial charge in [-0.1, -0.05) is 12.1 Å². The van der Waals surface area contributed by atoms with E-state index in [1.54, 1.807) is 7.11 Å². The largest absolute Gasteiger partial charge is 0.497 e. The molecule has 0 saturated heterocycles. The highest BCUT2D eigenvalue weighted by Gasteiger charge is 2.11. The maximum atomic E-state index is 5.19. The maximum Gasteiger partial charge on any atom is 0.118 e. The number of hydrogen-bond acceptors (Lipinski definition) is 3. The summed E-state index contributed by atoms with van der Waals surface area (Å²) < 4.78 is 7.39. The van der Waals surface area contributed by atoms with Crippen LogP contribution in [0.1, 0.15) is 24.7 Å². The van der Waals surface area contributed by atoms with Gasteiger partial charge in [-0.25, -0.2) is 4.98 Å². The van der Waals surface area contributed by atoms with Crippen LogP contribution in [0, 0.1) is 0 Å². The minimum atomic E-state index is 0.444. The third kappa shape index (κ3) is 4.33. The highest BCUT2D eigenvalue weighted by Crippen LogP contribution is 2.14. The van der Waals surface area contributed by atoms with E-state index in [4.69, 9.17) is 4.74 Å². The maximum absolute atomic E-state index is 5.19. The van der Waals surface area contributed by atoms with Crippen molar-refractivity contribution in [2.75, 3.05) is 14.2 Å². The minimum Gasteiger partial charge on any atom is -0.497 e. The summed E-state index contributed by atoms with van der Waals surface area (Å²) in [6, 6.07) is 8.76. The lowest BCUT2D eigenvalue weighted by atomic mass is 10.0. The van der Waals surface area contributed by atoms with Crippen LogP contribution in [0.5, 0.6) is 5.75 Å². The number of aryl methyl sites for hydroxylation is 2. The predicted molar refractivity (Wildman–Crippen MR) is 85.8 cm³/mol. The van der Waals surface area contributed by atoms with Gasteiger partial charge in [0.05, 0.1) is 7.11 Å². The lowest BCUT2D eigenvalue weighted by Gasteiger charge is -2.16. The number of likely N-dealkylation sites (N-methyl/N-ethyl adjacent to an activating group) is 1. The van der Waals surface area contributed by atoms with Crippen LogP contribution in [0.4, 0.5) is 0 Å². The molecule has 1 atom stereocenters. The molecule has 0 radical (unpaired) electrons. The third-order valence-electron chi connectivity index (χ3n) is 3.92. The molecule has 1 N–H and O–H groups in total. The Morgan fingerprint density at radius 1 is 1.29 bits per heavy atom. The fourth-order valence-electron chi connectivity index (χ4n) is 2.52. The summed E-state index contributed by atoms with van der Waals surface area (Å²) in [5.41, 5.74) is 1.34. The zero-order valence-electron chi connectivity index (χ0n) is 13.2. The van der Waals surface area contributed by atoms with Gasteiger partial charge in [-0.15, -0.1) is 0 Å². The van der Waals surface area contributed by atoms with E-state index < -0.39 is 0 Å². The van der Waals surface area contributed by atoms with Crippen LogP contribution >= 0.6 is 0 Å². The van der Waals surface area contributed by atoms with Gasteiger partial charge >= 0.3 is 0 Å². The molecule has 0 spiro atoms. The first kappa shape index (κ1) is 15.6. The van der Waals surface area contributed by atoms with E-state index >= 15 is 0 Å². The van der Waals surface area contributed by atoms with Crippen molar-refractivity contribution in [1.29, 1.82) is 0 Å². The molecule has 4 nitrogen and oxygen atoms in total. The molecule has 0 amide bonds. The van der Waals surface area contributed by atoms with Crippen molar-refractivity contribution >= 4 is 0 Å². The molecule has 1 unspecified atom stereocenters. The second-order valence-electron chi connectivity index (χ2n) is 5.21. The summed E-state index contributed by atoms with van der Waals surface area (Å²) in [5, 5.41) is 3.41. The average Bonchev–Trinajstić information content (AvgIpc) is 2.99. The van der Waals surface area contributed by atoms with Gasteiger partial charge < -0.3 is 14.6 Å². The summed E-state index contributed by atoms with van der Waals surface area (Å²) in [5.74, 6) is 2.07. The van der Waals surface area contributed by atoms with Crippen molar-refractivity contribution in [3.63, 3.8) is 0 Å². The molecule has 4 heteroatoms. The number of hydrogen-bond donors (Lipinski definition) is 1. The average molecular weight is 287 g/mol. The van der Waals surface area contributed by atoms with E-state index in [1.165, 1.54) is 5.56 Å². The summed E-state index contributed by atoms with van der Waals surface area (Å²) in [6.45, 7) is 3.13. The van der Waals surface area contributed by atoms with E-state index in [0.717, 1.165) is 37.4 Å². The van der Waals surface area contributed by atoms with Crippen molar-refractivity contribution < 1.29 is 4.74 Å². The van der Waals surface area contributed by atoms with E-state index in [0.29, 0.717) is 6.04 Å². The van der Waals surface area contributed by atoms with Gasteiger partial charge in [0.15, 0.2) is 0 Å². The number of ether oxygens (including phenoxy) is 1. The number of nitrogens with zero attached hydrogens (tertiary/aromatic N) is 2. The van der Waals surface area contributed by atoms with Crippen LogP contribution < -0.4 is 10.1 Å². The molecule has 114 valence electrons. The van der Waals surface area contributed by atoms with Gasteiger partial charge in [-0.3, -0.25) is 0 Å². The molecule has 1 aromatic heterocycles. The Labute approximate surface area is 127 Å². The summed E-state index contributed by atoms with van der Waals surface area (Å²) in [7, 11) is 3.72. The third-order valence-corrected chi connectivity index (χ3v) is 3.92. The predicted octanol–water partition coefficient (Wildman–Crippen LogP) is 2.67. The first-order chi connectivity index (χ1) is 10.3. The first-order valence-electron chi connectivity index (χ1n) is 7.57. The SMILES string of the molecule is CCn1ccnc1CC(CCc1ccc(OC)cc1)NC. The lowest BCUT2D eigenvalue weighted by molar-refractivity contribution is 0.414. The number of rotatable bonds is 8. The molecule has 0 aliphatic rings. The number of imidazole rings is 1. The molecular formula is C17H25N3O. The van der Waals surface area contributed by atoms with Crippen LogP contribution in [0.2, 0.25) is 0 Å². The van der Waals surface area contributed by atoms with E-state index in [-0.39, 0.29) is 0 Å². The van der Waals surface area contributed by atoms with E-state index in [9.17, 15) is 0 Å². The Morgan fingerprint density at radius 3 is 2.67 bits per heavy atom. The van der Waals surface area contributed by atoms with Crippen molar-refractivity contribution in [1.82, 2.24) is 14.9 Å². The molecule has 2 rings (SSSR count). The summed E-state index contributed by atoms with van der Waals surface area (Å²) in [6.07, 6.45) is 7.05. The lowest BCUT2D eigenvalue weighted by Crippen LogP contribution is -2.29. The zero-order chi connectivity index (χ0) is 15.1. The minimum absolute atomic E-state index is 0.444. The molecule has 0 aliphatic heterocycles. The molecule has 1 heterocycles. The van der Waals surface area contributed by atoms with Crippen molar-refractivity contribution in [2.45, 2.75) is 38.8 Å². The Kier molecular flexibility index (Phi) is 5.81. The Balaban J connectivity index is 1.89. The Hall–Kier alpha value is -1.81. The van der Waals surface area contributed by atoms with E-state index in [1.807, 2.05) is 31.6 Å². The molecule has 2 aromatic rings. The monoisotopic (exact) mass is 287 g/mol. The molecular weight excluding hydrogens is 262 g/mol. The molecule has 0 fully saturated rings. The van der Waals surface area contributed by atoms with Crippen LogP contribution in [0.25, 0.3) is 0 Å². The van der Waals surface area contributed by atoms with Crippen LogP contribution in [0.3, 0.4) is 0 Å². The molecule has 0 bridgehead atoms. The fraction of sp³-hybridized carbons (Fsp3) is 0.471. The van der Waals surface area contributed by atoms with Gasteiger partial charge in [-0.2, -0.15) is 0 Å². The summed E-state index contributed by atoms with van der Waals surface area (Å²) >= 11 is 0. The van der Waals surface area contributed by atoms with Gasteiger partial charge in [0, 0.05) is 31.4 Å². The molecule has 21 heavy (non-hydrogen) atoms. The number of benzene rings is 1. The van der Waals surface area contributed by atoms with Crippen molar-refractivity contribution in [2.24, 2.45) is 0 Å². The van der Waals surface area contributed by atoms with Gasteiger partial charge in [0.2, 0.25) is 0 Å². The normalized spacial score (nSPS) is 12.3. The Bertz CT molecular complexity index is 533. The standard InChI is InChI=1S/C17H25N3O/c1-4-20-12-11-19-17(20)13-15(18-2)8-5-14-6-9-16(21-3)10-7-14/h6-7,9-12,15,18H,4-5,8,13H2,1-3H3. The van der Waals surface area contributed by atoms with Crippen molar-refractivity contribution in [3.05, 3.63) is 48.0 Å².